The van der Waals surface area contributed by atoms with Gasteiger partial charge in [-0.05, 0) is 19.9 Å². The van der Waals surface area contributed by atoms with Crippen molar-refractivity contribution in [3.05, 3.63) is 0 Å². The summed E-state index contributed by atoms with van der Waals surface area (Å²) in [6.07, 6.45) is 15.6. The van der Waals surface area contributed by atoms with E-state index in [0.717, 1.165) is 13.1 Å². The molecule has 0 aromatic heterocycles. The maximum absolute atomic E-state index is 9.45. The molecule has 0 rings (SSSR count). The lowest BCUT2D eigenvalue weighted by atomic mass is 10.1. The topological polar surface area (TPSA) is 89.8 Å². The smallest absolute Gasteiger partial charge is 0.332 e. The number of rotatable bonds is 16. The monoisotopic (exact) mass is 347 g/mol. The summed E-state index contributed by atoms with van der Waals surface area (Å²) >= 11 is 0. The third-order valence-corrected chi connectivity index (χ3v) is 3.85. The van der Waals surface area contributed by atoms with Crippen LogP contribution < -0.4 is 5.32 Å². The lowest BCUT2D eigenvalue weighted by Crippen LogP contribution is -2.19. The van der Waals surface area contributed by atoms with E-state index in [2.05, 4.69) is 12.2 Å². The SMILES string of the molecule is CC(O)C(=O)O.CCCCCCCCCCCCCCNCCO. The number of carboxylic acid groups (broad SMARTS) is 1. The number of carbonyl (C=O) groups is 1. The first-order valence-corrected chi connectivity index (χ1v) is 9.78. The van der Waals surface area contributed by atoms with Crippen LogP contribution in [0.2, 0.25) is 0 Å². The summed E-state index contributed by atoms with van der Waals surface area (Å²) in [6, 6.07) is 0. The molecule has 0 heterocycles. The summed E-state index contributed by atoms with van der Waals surface area (Å²) in [5, 5.41) is 27.6. The van der Waals surface area contributed by atoms with E-state index in [-0.39, 0.29) is 6.61 Å². The molecular weight excluding hydrogens is 306 g/mol. The molecule has 24 heavy (non-hydrogen) atoms. The number of aliphatic hydroxyl groups is 2. The Balaban J connectivity index is 0. The number of aliphatic carboxylic acids is 1. The van der Waals surface area contributed by atoms with Crippen LogP contribution in [-0.4, -0.2) is 47.1 Å². The van der Waals surface area contributed by atoms with Crippen molar-refractivity contribution in [1.82, 2.24) is 5.32 Å². The minimum absolute atomic E-state index is 0.262. The van der Waals surface area contributed by atoms with Gasteiger partial charge in [-0.2, -0.15) is 0 Å². The molecule has 0 aromatic rings. The summed E-state index contributed by atoms with van der Waals surface area (Å²) in [7, 11) is 0. The predicted molar refractivity (Wildman–Crippen MR) is 100 cm³/mol. The van der Waals surface area contributed by atoms with Crippen LogP contribution >= 0.6 is 0 Å². The second-order valence-corrected chi connectivity index (χ2v) is 6.38. The van der Waals surface area contributed by atoms with Crippen molar-refractivity contribution in [2.75, 3.05) is 19.7 Å². The Kier molecular flexibility index (Phi) is 23.8. The van der Waals surface area contributed by atoms with Gasteiger partial charge in [0.2, 0.25) is 0 Å². The number of aliphatic hydroxyl groups excluding tert-OH is 2. The molecular formula is C19H41NO4. The fourth-order valence-corrected chi connectivity index (χ4v) is 2.30. The highest BCUT2D eigenvalue weighted by atomic mass is 16.4. The quantitative estimate of drug-likeness (QED) is 0.320. The van der Waals surface area contributed by atoms with Crippen molar-refractivity contribution >= 4 is 5.97 Å². The zero-order chi connectivity index (χ0) is 18.5. The molecule has 1 atom stereocenters. The van der Waals surface area contributed by atoms with Crippen LogP contribution in [0.3, 0.4) is 0 Å². The summed E-state index contributed by atoms with van der Waals surface area (Å²) < 4.78 is 0. The average molecular weight is 348 g/mol. The molecule has 0 radical (unpaired) electrons. The molecule has 0 saturated heterocycles. The van der Waals surface area contributed by atoms with E-state index < -0.39 is 12.1 Å². The summed E-state index contributed by atoms with van der Waals surface area (Å²) in [6.45, 7) is 5.55. The molecule has 0 aliphatic heterocycles. The van der Waals surface area contributed by atoms with Gasteiger partial charge >= 0.3 is 5.97 Å². The first-order chi connectivity index (χ1) is 11.6. The highest BCUT2D eigenvalue weighted by Gasteiger charge is 2.01. The van der Waals surface area contributed by atoms with Crippen molar-refractivity contribution in [2.24, 2.45) is 0 Å². The summed E-state index contributed by atoms with van der Waals surface area (Å²) in [5.74, 6) is -1.19. The Labute approximate surface area is 148 Å². The van der Waals surface area contributed by atoms with Crippen LogP contribution in [0.4, 0.5) is 0 Å². The van der Waals surface area contributed by atoms with Gasteiger partial charge in [-0.25, -0.2) is 4.79 Å². The first-order valence-electron chi connectivity index (χ1n) is 9.78. The van der Waals surface area contributed by atoms with E-state index in [9.17, 15) is 4.79 Å². The Morgan fingerprint density at radius 2 is 1.21 bits per heavy atom. The summed E-state index contributed by atoms with van der Waals surface area (Å²) in [4.78, 5) is 9.45. The third kappa shape index (κ3) is 26.3. The van der Waals surface area contributed by atoms with Gasteiger partial charge in [0.15, 0.2) is 0 Å². The van der Waals surface area contributed by atoms with Crippen molar-refractivity contribution in [1.29, 1.82) is 0 Å². The standard InChI is InChI=1S/C16H35NO.C3H6O3/c1-2-3-4-5-6-7-8-9-10-11-12-13-14-17-15-16-18;1-2(4)3(5)6/h17-18H,2-16H2,1H3;2,4H,1H3,(H,5,6). The van der Waals surface area contributed by atoms with Crippen LogP contribution in [0.25, 0.3) is 0 Å². The number of nitrogens with one attached hydrogen (secondary N) is 1. The molecule has 0 spiro atoms. The second-order valence-electron chi connectivity index (χ2n) is 6.38. The molecule has 0 bridgehead atoms. The molecule has 0 amide bonds. The molecule has 5 nitrogen and oxygen atoms in total. The van der Waals surface area contributed by atoms with Crippen molar-refractivity contribution in [2.45, 2.75) is 97.0 Å². The zero-order valence-electron chi connectivity index (χ0n) is 15.9. The fourth-order valence-electron chi connectivity index (χ4n) is 2.30. The Hall–Kier alpha value is -0.650. The molecule has 0 fully saturated rings. The summed E-state index contributed by atoms with van der Waals surface area (Å²) in [5.41, 5.74) is 0. The molecule has 4 N–H and O–H groups in total. The van der Waals surface area contributed by atoms with Gasteiger partial charge in [-0.15, -0.1) is 0 Å². The first kappa shape index (κ1) is 25.6. The van der Waals surface area contributed by atoms with Crippen LogP contribution in [0.1, 0.15) is 90.9 Å². The van der Waals surface area contributed by atoms with Gasteiger partial charge in [0.05, 0.1) is 6.61 Å². The Morgan fingerprint density at radius 1 is 0.833 bits per heavy atom. The number of unbranched alkanes of at least 4 members (excludes halogenated alkanes) is 11. The van der Waals surface area contributed by atoms with Crippen molar-refractivity contribution in [3.8, 4) is 0 Å². The van der Waals surface area contributed by atoms with Gasteiger partial charge in [-0.3, -0.25) is 0 Å². The van der Waals surface area contributed by atoms with Gasteiger partial charge in [0.1, 0.15) is 6.10 Å². The average Bonchev–Trinajstić information content (AvgIpc) is 2.55. The maximum atomic E-state index is 9.45. The van der Waals surface area contributed by atoms with Crippen LogP contribution in [0.15, 0.2) is 0 Å². The minimum Gasteiger partial charge on any atom is -0.479 e. The van der Waals surface area contributed by atoms with E-state index in [0.29, 0.717) is 0 Å². The number of hydrogen-bond acceptors (Lipinski definition) is 4. The second kappa shape index (κ2) is 22.4. The van der Waals surface area contributed by atoms with Crippen LogP contribution in [0.5, 0.6) is 0 Å². The van der Waals surface area contributed by atoms with E-state index in [1.807, 2.05) is 0 Å². The highest BCUT2D eigenvalue weighted by Crippen LogP contribution is 2.11. The van der Waals surface area contributed by atoms with E-state index in [4.69, 9.17) is 15.3 Å². The molecule has 0 aliphatic rings. The molecule has 0 aliphatic carbocycles. The zero-order valence-corrected chi connectivity index (χ0v) is 15.9. The molecule has 5 heteroatoms. The molecule has 0 saturated carbocycles. The van der Waals surface area contributed by atoms with Crippen molar-refractivity contribution < 1.29 is 20.1 Å². The minimum atomic E-state index is -1.23. The molecule has 0 aromatic carbocycles. The van der Waals surface area contributed by atoms with E-state index in [1.54, 1.807) is 0 Å². The van der Waals surface area contributed by atoms with Gasteiger partial charge < -0.3 is 20.6 Å². The van der Waals surface area contributed by atoms with Crippen LogP contribution in [0, 0.1) is 0 Å². The lowest BCUT2D eigenvalue weighted by Gasteiger charge is -2.03. The predicted octanol–water partition coefficient (Wildman–Crippen LogP) is 3.72. The number of hydrogen-bond donors (Lipinski definition) is 4. The van der Waals surface area contributed by atoms with Gasteiger partial charge in [-0.1, -0.05) is 77.6 Å². The third-order valence-electron chi connectivity index (χ3n) is 3.85. The highest BCUT2D eigenvalue weighted by molar-refractivity contribution is 5.71. The molecule has 1 unspecified atom stereocenters. The van der Waals surface area contributed by atoms with Gasteiger partial charge in [0, 0.05) is 6.54 Å². The van der Waals surface area contributed by atoms with E-state index in [1.165, 1.54) is 84.0 Å². The Morgan fingerprint density at radius 3 is 1.54 bits per heavy atom. The lowest BCUT2D eigenvalue weighted by molar-refractivity contribution is -0.145. The van der Waals surface area contributed by atoms with Crippen molar-refractivity contribution in [3.63, 3.8) is 0 Å². The largest absolute Gasteiger partial charge is 0.479 e. The molecule has 146 valence electrons. The number of carboxylic acids is 1. The van der Waals surface area contributed by atoms with E-state index >= 15 is 0 Å². The maximum Gasteiger partial charge on any atom is 0.332 e. The Bertz CT molecular complexity index is 232. The fraction of sp³-hybridized carbons (Fsp3) is 0.947. The normalized spacial score (nSPS) is 11.7. The van der Waals surface area contributed by atoms with Gasteiger partial charge in [0.25, 0.3) is 0 Å². The van der Waals surface area contributed by atoms with Crippen LogP contribution in [-0.2, 0) is 4.79 Å².